The topological polar surface area (TPSA) is 89.8 Å². The SMILES string of the molecule is CCCCc1nc(O)c(C(=O)N2CCC(c3ncc(F)cc3F)C2)c(O)c1N(CC)c1ccccc1. The van der Waals surface area contributed by atoms with E-state index in [-0.39, 0.29) is 30.1 Å². The zero-order valence-corrected chi connectivity index (χ0v) is 20.4. The van der Waals surface area contributed by atoms with Gasteiger partial charge in [-0.1, -0.05) is 31.5 Å². The summed E-state index contributed by atoms with van der Waals surface area (Å²) in [7, 11) is 0. The lowest BCUT2D eigenvalue weighted by atomic mass is 10.0. The normalized spacial score (nSPS) is 15.3. The number of likely N-dealkylation sites (tertiary alicyclic amines) is 1. The molecule has 1 aliphatic heterocycles. The van der Waals surface area contributed by atoms with Crippen molar-refractivity contribution in [2.45, 2.75) is 45.4 Å². The Morgan fingerprint density at radius 3 is 2.61 bits per heavy atom. The van der Waals surface area contributed by atoms with Gasteiger partial charge in [-0.3, -0.25) is 9.78 Å². The fourth-order valence-electron chi connectivity index (χ4n) is 4.73. The van der Waals surface area contributed by atoms with Crippen molar-refractivity contribution in [1.29, 1.82) is 0 Å². The number of aryl methyl sites for hydroxylation is 1. The first kappa shape index (κ1) is 25.3. The van der Waals surface area contributed by atoms with Crippen LogP contribution in [0.15, 0.2) is 42.6 Å². The molecule has 1 aromatic carbocycles. The Balaban J connectivity index is 1.71. The van der Waals surface area contributed by atoms with E-state index in [1.807, 2.05) is 49.1 Å². The molecule has 2 aromatic heterocycles. The molecule has 1 amide bonds. The molecule has 4 rings (SSSR count). The highest BCUT2D eigenvalue weighted by molar-refractivity contribution is 6.01. The number of para-hydroxylation sites is 1. The van der Waals surface area contributed by atoms with Crippen molar-refractivity contribution in [2.24, 2.45) is 0 Å². The highest BCUT2D eigenvalue weighted by Gasteiger charge is 2.35. The van der Waals surface area contributed by atoms with E-state index in [0.29, 0.717) is 30.8 Å². The third-order valence-electron chi connectivity index (χ3n) is 6.53. The Kier molecular flexibility index (Phi) is 7.67. The molecule has 7 nitrogen and oxygen atoms in total. The predicted molar refractivity (Wildman–Crippen MR) is 133 cm³/mol. The number of unbranched alkanes of at least 4 members (excludes halogenated alkanes) is 1. The van der Waals surface area contributed by atoms with Gasteiger partial charge in [0.25, 0.3) is 5.91 Å². The van der Waals surface area contributed by atoms with Crippen LogP contribution in [0.5, 0.6) is 11.6 Å². The van der Waals surface area contributed by atoms with E-state index in [1.54, 1.807) is 0 Å². The predicted octanol–water partition coefficient (Wildman–Crippen LogP) is 5.30. The third-order valence-corrected chi connectivity index (χ3v) is 6.53. The van der Waals surface area contributed by atoms with Crippen molar-refractivity contribution in [1.82, 2.24) is 14.9 Å². The molecule has 1 fully saturated rings. The second kappa shape index (κ2) is 10.9. The van der Waals surface area contributed by atoms with Crippen LogP contribution < -0.4 is 4.90 Å². The number of benzene rings is 1. The average Bonchev–Trinajstić information content (AvgIpc) is 3.35. The second-order valence-corrected chi connectivity index (χ2v) is 8.90. The smallest absolute Gasteiger partial charge is 0.263 e. The number of rotatable bonds is 8. The van der Waals surface area contributed by atoms with E-state index >= 15 is 0 Å². The van der Waals surface area contributed by atoms with Gasteiger partial charge in [-0.25, -0.2) is 13.8 Å². The molecule has 1 aliphatic rings. The van der Waals surface area contributed by atoms with Crippen LogP contribution in [-0.2, 0) is 6.42 Å². The number of carbonyl (C=O) groups excluding carboxylic acids is 1. The van der Waals surface area contributed by atoms with Crippen molar-refractivity contribution < 1.29 is 23.8 Å². The number of aromatic nitrogens is 2. The minimum absolute atomic E-state index is 0.0927. The van der Waals surface area contributed by atoms with Gasteiger partial charge in [0.15, 0.2) is 5.75 Å². The summed E-state index contributed by atoms with van der Waals surface area (Å²) in [6.07, 6.45) is 3.58. The fourth-order valence-corrected chi connectivity index (χ4v) is 4.73. The Bertz CT molecular complexity index is 1240. The van der Waals surface area contributed by atoms with Gasteiger partial charge >= 0.3 is 0 Å². The van der Waals surface area contributed by atoms with Gasteiger partial charge in [-0.05, 0) is 38.3 Å². The number of anilines is 2. The van der Waals surface area contributed by atoms with Crippen molar-refractivity contribution in [2.75, 3.05) is 24.5 Å². The summed E-state index contributed by atoms with van der Waals surface area (Å²) in [6.45, 7) is 4.85. The van der Waals surface area contributed by atoms with E-state index in [9.17, 15) is 23.8 Å². The van der Waals surface area contributed by atoms with Crippen LogP contribution in [0, 0.1) is 11.6 Å². The molecule has 0 bridgehead atoms. The first-order valence-corrected chi connectivity index (χ1v) is 12.2. The molecule has 0 aliphatic carbocycles. The minimum Gasteiger partial charge on any atom is -0.505 e. The molecule has 0 saturated carbocycles. The molecule has 9 heteroatoms. The number of nitrogens with zero attached hydrogens (tertiary/aromatic N) is 4. The van der Waals surface area contributed by atoms with Crippen molar-refractivity contribution in [3.8, 4) is 11.6 Å². The Labute approximate surface area is 209 Å². The number of hydrogen-bond donors (Lipinski definition) is 2. The van der Waals surface area contributed by atoms with Crippen LogP contribution in [0.4, 0.5) is 20.2 Å². The summed E-state index contributed by atoms with van der Waals surface area (Å²) in [5.41, 5.74) is 1.52. The van der Waals surface area contributed by atoms with Gasteiger partial charge in [-0.2, -0.15) is 0 Å². The Morgan fingerprint density at radius 1 is 1.19 bits per heavy atom. The highest BCUT2D eigenvalue weighted by atomic mass is 19.1. The summed E-state index contributed by atoms with van der Waals surface area (Å²) in [5, 5.41) is 22.2. The lowest BCUT2D eigenvalue weighted by molar-refractivity contribution is 0.0783. The van der Waals surface area contributed by atoms with E-state index < -0.39 is 29.3 Å². The molecule has 3 aromatic rings. The largest absolute Gasteiger partial charge is 0.505 e. The first-order valence-electron chi connectivity index (χ1n) is 12.2. The van der Waals surface area contributed by atoms with Crippen molar-refractivity contribution in [3.63, 3.8) is 0 Å². The summed E-state index contributed by atoms with van der Waals surface area (Å²) < 4.78 is 27.5. The van der Waals surface area contributed by atoms with Gasteiger partial charge < -0.3 is 20.0 Å². The number of aromatic hydroxyl groups is 2. The maximum atomic E-state index is 14.3. The average molecular weight is 497 g/mol. The van der Waals surface area contributed by atoms with Gasteiger partial charge in [-0.15, -0.1) is 0 Å². The summed E-state index contributed by atoms with van der Waals surface area (Å²) in [5.74, 6) is -3.42. The lowest BCUT2D eigenvalue weighted by Gasteiger charge is -2.28. The maximum absolute atomic E-state index is 14.3. The van der Waals surface area contributed by atoms with Crippen LogP contribution >= 0.6 is 0 Å². The Morgan fingerprint density at radius 2 is 1.94 bits per heavy atom. The molecule has 0 spiro atoms. The highest BCUT2D eigenvalue weighted by Crippen LogP contribution is 2.43. The van der Waals surface area contributed by atoms with Crippen LogP contribution in [0.2, 0.25) is 0 Å². The van der Waals surface area contributed by atoms with E-state index in [1.165, 1.54) is 4.90 Å². The maximum Gasteiger partial charge on any atom is 0.263 e. The number of halogens is 2. The molecule has 3 heterocycles. The molecule has 1 saturated heterocycles. The standard InChI is InChI=1S/C27H30F2N4O3/c1-3-5-11-21-24(33(4-2)19-9-7-6-8-10-19)25(34)22(26(35)31-21)27(36)32-13-12-17(16-32)23-20(29)14-18(28)15-30-23/h6-10,14-15,17H,3-5,11-13,16H2,1-2H3,(H2,31,34,35). The minimum atomic E-state index is -0.766. The summed E-state index contributed by atoms with van der Waals surface area (Å²) >= 11 is 0. The third kappa shape index (κ3) is 4.96. The van der Waals surface area contributed by atoms with Crippen molar-refractivity contribution >= 4 is 17.3 Å². The summed E-state index contributed by atoms with van der Waals surface area (Å²) in [4.78, 5) is 25.0. The zero-order valence-electron chi connectivity index (χ0n) is 20.4. The summed E-state index contributed by atoms with van der Waals surface area (Å²) in [6, 6.07) is 10.2. The number of hydrogen-bond acceptors (Lipinski definition) is 6. The van der Waals surface area contributed by atoms with Gasteiger partial charge in [0.2, 0.25) is 5.88 Å². The van der Waals surface area contributed by atoms with E-state index in [4.69, 9.17) is 0 Å². The molecular formula is C27H30F2N4O3. The van der Waals surface area contributed by atoms with Gasteiger partial charge in [0, 0.05) is 37.3 Å². The van der Waals surface area contributed by atoms with Gasteiger partial charge in [0.1, 0.15) is 22.9 Å². The van der Waals surface area contributed by atoms with Gasteiger partial charge in [0.05, 0.1) is 17.6 Å². The molecule has 1 unspecified atom stereocenters. The zero-order chi connectivity index (χ0) is 25.8. The number of carbonyl (C=O) groups is 1. The molecule has 36 heavy (non-hydrogen) atoms. The Hall–Kier alpha value is -3.75. The monoisotopic (exact) mass is 496 g/mol. The van der Waals surface area contributed by atoms with Crippen LogP contribution in [0.25, 0.3) is 0 Å². The molecule has 2 N–H and O–H groups in total. The molecule has 1 atom stereocenters. The van der Waals surface area contributed by atoms with E-state index in [2.05, 4.69) is 9.97 Å². The molecular weight excluding hydrogens is 466 g/mol. The lowest BCUT2D eigenvalue weighted by Crippen LogP contribution is -2.30. The van der Waals surface area contributed by atoms with Crippen LogP contribution in [0.1, 0.15) is 60.8 Å². The number of pyridine rings is 2. The first-order chi connectivity index (χ1) is 17.3. The van der Waals surface area contributed by atoms with Crippen LogP contribution in [-0.4, -0.2) is 50.6 Å². The second-order valence-electron chi connectivity index (χ2n) is 8.90. The van der Waals surface area contributed by atoms with Crippen LogP contribution in [0.3, 0.4) is 0 Å². The number of amides is 1. The fraction of sp³-hybridized carbons (Fsp3) is 0.370. The van der Waals surface area contributed by atoms with Crippen molar-refractivity contribution in [3.05, 3.63) is 71.2 Å². The molecule has 0 radical (unpaired) electrons. The molecule has 190 valence electrons. The quantitative estimate of drug-likeness (QED) is 0.440. The van der Waals surface area contributed by atoms with E-state index in [0.717, 1.165) is 30.8 Å².